The molecule has 1 aromatic carbocycles. The van der Waals surface area contributed by atoms with Crippen LogP contribution in [0.4, 0.5) is 4.39 Å². The Morgan fingerprint density at radius 2 is 2.18 bits per heavy atom. The van der Waals surface area contributed by atoms with Gasteiger partial charge in [0, 0.05) is 15.6 Å². The predicted octanol–water partition coefficient (Wildman–Crippen LogP) is 4.36. The monoisotopic (exact) mass is 299 g/mol. The van der Waals surface area contributed by atoms with E-state index in [0.717, 1.165) is 29.4 Å². The number of benzene rings is 1. The van der Waals surface area contributed by atoms with E-state index in [4.69, 9.17) is 0 Å². The Morgan fingerprint density at radius 1 is 1.35 bits per heavy atom. The summed E-state index contributed by atoms with van der Waals surface area (Å²) in [6.07, 6.45) is 5.56. The molecule has 1 atom stereocenters. The maximum Gasteiger partial charge on any atom is 0.128 e. The van der Waals surface area contributed by atoms with Gasteiger partial charge in [-0.25, -0.2) is 4.39 Å². The van der Waals surface area contributed by atoms with Gasteiger partial charge in [0.25, 0.3) is 0 Å². The zero-order chi connectivity index (χ0) is 12.3. The molecule has 0 saturated carbocycles. The van der Waals surface area contributed by atoms with E-state index >= 15 is 0 Å². The van der Waals surface area contributed by atoms with Crippen LogP contribution in [0.15, 0.2) is 22.7 Å². The van der Waals surface area contributed by atoms with Crippen LogP contribution in [0.3, 0.4) is 0 Å². The second-order valence-electron chi connectivity index (χ2n) is 4.80. The molecule has 0 spiro atoms. The molecule has 1 N–H and O–H groups in total. The van der Waals surface area contributed by atoms with E-state index in [1.54, 1.807) is 12.1 Å². The minimum Gasteiger partial charge on any atom is -0.307 e. The Bertz CT molecular complexity index is 384. The fourth-order valence-electron chi connectivity index (χ4n) is 2.73. The summed E-state index contributed by atoms with van der Waals surface area (Å²) >= 11 is 3.44. The summed E-state index contributed by atoms with van der Waals surface area (Å²) in [4.78, 5) is 0. The van der Waals surface area contributed by atoms with Gasteiger partial charge in [-0.15, -0.1) is 0 Å². The van der Waals surface area contributed by atoms with Gasteiger partial charge in [0.05, 0.1) is 0 Å². The predicted molar refractivity (Wildman–Crippen MR) is 72.5 cm³/mol. The molecule has 1 aromatic rings. The normalized spacial score (nSPS) is 25.6. The molecular weight excluding hydrogens is 281 g/mol. The maximum atomic E-state index is 14.1. The quantitative estimate of drug-likeness (QED) is 0.856. The highest BCUT2D eigenvalue weighted by Gasteiger charge is 2.33. The molecule has 0 amide bonds. The summed E-state index contributed by atoms with van der Waals surface area (Å²) in [6, 6.07) is 5.25. The summed E-state index contributed by atoms with van der Waals surface area (Å²) in [6.45, 7) is 3.12. The molecule has 3 heteroatoms. The molecular formula is C14H19BrFN. The number of nitrogens with one attached hydrogen (secondary N) is 1. The van der Waals surface area contributed by atoms with Crippen LogP contribution in [0.25, 0.3) is 0 Å². The van der Waals surface area contributed by atoms with Gasteiger partial charge < -0.3 is 5.32 Å². The van der Waals surface area contributed by atoms with Gasteiger partial charge in [0.1, 0.15) is 5.82 Å². The minimum atomic E-state index is -0.176. The number of hydrogen-bond acceptors (Lipinski definition) is 1. The van der Waals surface area contributed by atoms with Crippen molar-refractivity contribution in [3.05, 3.63) is 34.1 Å². The van der Waals surface area contributed by atoms with Crippen molar-refractivity contribution in [3.8, 4) is 0 Å². The fraction of sp³-hybridized carbons (Fsp3) is 0.571. The molecule has 1 fully saturated rings. The number of hydrogen-bond donors (Lipinski definition) is 1. The lowest BCUT2D eigenvalue weighted by atomic mass is 9.83. The van der Waals surface area contributed by atoms with Gasteiger partial charge in [-0.2, -0.15) is 0 Å². The van der Waals surface area contributed by atoms with E-state index in [1.807, 2.05) is 6.07 Å². The first-order valence-electron chi connectivity index (χ1n) is 6.38. The van der Waals surface area contributed by atoms with Gasteiger partial charge in [-0.1, -0.05) is 35.7 Å². The van der Waals surface area contributed by atoms with Crippen LogP contribution < -0.4 is 5.32 Å². The van der Waals surface area contributed by atoms with E-state index in [9.17, 15) is 4.39 Å². The molecule has 1 heterocycles. The second-order valence-corrected chi connectivity index (χ2v) is 5.71. The standard InChI is InChI=1S/C14H19BrFN/c1-2-14(8-4-3-5-9-17-14)12-10-11(15)6-7-13(12)16/h6-7,10,17H,2-5,8-9H2,1H3. The lowest BCUT2D eigenvalue weighted by molar-refractivity contribution is 0.301. The number of rotatable bonds is 2. The van der Waals surface area contributed by atoms with Gasteiger partial charge in [-0.05, 0) is 44.0 Å². The second kappa shape index (κ2) is 5.49. The van der Waals surface area contributed by atoms with E-state index in [2.05, 4.69) is 28.2 Å². The molecule has 0 radical (unpaired) electrons. The third kappa shape index (κ3) is 2.71. The summed E-state index contributed by atoms with van der Waals surface area (Å²) in [5.74, 6) is -0.0931. The van der Waals surface area contributed by atoms with E-state index in [-0.39, 0.29) is 11.4 Å². The van der Waals surface area contributed by atoms with E-state index in [1.165, 1.54) is 19.3 Å². The van der Waals surface area contributed by atoms with E-state index in [0.29, 0.717) is 0 Å². The van der Waals surface area contributed by atoms with Gasteiger partial charge >= 0.3 is 0 Å². The van der Waals surface area contributed by atoms with Gasteiger partial charge in [0.15, 0.2) is 0 Å². The summed E-state index contributed by atoms with van der Waals surface area (Å²) in [5, 5.41) is 3.57. The average Bonchev–Trinajstić information content (AvgIpc) is 2.58. The molecule has 94 valence electrons. The Morgan fingerprint density at radius 3 is 2.94 bits per heavy atom. The highest BCUT2D eigenvalue weighted by molar-refractivity contribution is 9.10. The lowest BCUT2D eigenvalue weighted by Crippen LogP contribution is -2.42. The van der Waals surface area contributed by atoms with Crippen LogP contribution in [-0.2, 0) is 5.54 Å². The zero-order valence-electron chi connectivity index (χ0n) is 10.2. The minimum absolute atomic E-state index is 0.0931. The molecule has 0 aliphatic carbocycles. The molecule has 17 heavy (non-hydrogen) atoms. The molecule has 1 saturated heterocycles. The molecule has 2 rings (SSSR count). The Hall–Kier alpha value is -0.410. The summed E-state index contributed by atoms with van der Waals surface area (Å²) in [7, 11) is 0. The average molecular weight is 300 g/mol. The molecule has 0 bridgehead atoms. The number of halogens is 2. The van der Waals surface area contributed by atoms with E-state index < -0.39 is 0 Å². The first kappa shape index (κ1) is 13.0. The van der Waals surface area contributed by atoms with Crippen molar-refractivity contribution in [2.24, 2.45) is 0 Å². The topological polar surface area (TPSA) is 12.0 Å². The van der Waals surface area contributed by atoms with Crippen LogP contribution in [0.2, 0.25) is 0 Å². The Balaban J connectivity index is 2.41. The highest BCUT2D eigenvalue weighted by Crippen LogP contribution is 2.35. The summed E-state index contributed by atoms with van der Waals surface area (Å²) in [5.41, 5.74) is 0.640. The molecule has 0 aromatic heterocycles. The molecule has 1 aliphatic rings. The molecule has 1 unspecified atom stereocenters. The SMILES string of the molecule is CCC1(c2cc(Br)ccc2F)CCCCCN1. The lowest BCUT2D eigenvalue weighted by Gasteiger charge is -2.34. The van der Waals surface area contributed by atoms with Crippen LogP contribution in [0.1, 0.15) is 44.6 Å². The van der Waals surface area contributed by atoms with Crippen molar-refractivity contribution >= 4 is 15.9 Å². The van der Waals surface area contributed by atoms with Crippen LogP contribution in [-0.4, -0.2) is 6.54 Å². The zero-order valence-corrected chi connectivity index (χ0v) is 11.8. The highest BCUT2D eigenvalue weighted by atomic mass is 79.9. The van der Waals surface area contributed by atoms with Gasteiger partial charge in [-0.3, -0.25) is 0 Å². The van der Waals surface area contributed by atoms with Crippen molar-refractivity contribution in [1.29, 1.82) is 0 Å². The Labute approximate surface area is 111 Å². The Kier molecular flexibility index (Phi) is 4.21. The largest absolute Gasteiger partial charge is 0.307 e. The molecule has 1 aliphatic heterocycles. The van der Waals surface area contributed by atoms with Crippen molar-refractivity contribution in [3.63, 3.8) is 0 Å². The third-order valence-corrected chi connectivity index (χ3v) is 4.28. The van der Waals surface area contributed by atoms with Gasteiger partial charge in [0.2, 0.25) is 0 Å². The van der Waals surface area contributed by atoms with Crippen molar-refractivity contribution in [2.45, 2.75) is 44.6 Å². The summed E-state index contributed by atoms with van der Waals surface area (Å²) < 4.78 is 15.0. The van der Waals surface area contributed by atoms with Crippen LogP contribution >= 0.6 is 15.9 Å². The maximum absolute atomic E-state index is 14.1. The molecule has 1 nitrogen and oxygen atoms in total. The van der Waals surface area contributed by atoms with Crippen molar-refractivity contribution in [1.82, 2.24) is 5.32 Å². The first-order chi connectivity index (χ1) is 8.18. The fourth-order valence-corrected chi connectivity index (χ4v) is 3.09. The smallest absolute Gasteiger partial charge is 0.128 e. The van der Waals surface area contributed by atoms with Crippen molar-refractivity contribution in [2.75, 3.05) is 6.54 Å². The van der Waals surface area contributed by atoms with Crippen LogP contribution in [0.5, 0.6) is 0 Å². The first-order valence-corrected chi connectivity index (χ1v) is 7.18. The van der Waals surface area contributed by atoms with Crippen molar-refractivity contribution < 1.29 is 4.39 Å². The third-order valence-electron chi connectivity index (χ3n) is 3.79. The van der Waals surface area contributed by atoms with Crippen LogP contribution in [0, 0.1) is 5.82 Å².